The van der Waals surface area contributed by atoms with Crippen LogP contribution in [-0.4, -0.2) is 26.8 Å². The molecule has 1 saturated heterocycles. The summed E-state index contributed by atoms with van der Waals surface area (Å²) in [5.41, 5.74) is 0.860. The SMILES string of the molecule is O=S(=O)(Cc1ccc(Br)cc1)C1CCCNC1. The van der Waals surface area contributed by atoms with Gasteiger partial charge in [-0.3, -0.25) is 0 Å². The van der Waals surface area contributed by atoms with E-state index in [4.69, 9.17) is 0 Å². The van der Waals surface area contributed by atoms with Crippen LogP contribution in [0.5, 0.6) is 0 Å². The standard InChI is InChI=1S/C12H16BrNO2S/c13-11-5-3-10(4-6-11)9-17(15,16)12-2-1-7-14-8-12/h3-6,12,14H,1-2,7-9H2. The van der Waals surface area contributed by atoms with Gasteiger partial charge in [0.25, 0.3) is 0 Å². The summed E-state index contributed by atoms with van der Waals surface area (Å²) in [6.45, 7) is 1.53. The molecule has 0 amide bonds. The Kier molecular flexibility index (Phi) is 4.22. The molecule has 1 N–H and O–H groups in total. The molecule has 0 bridgehead atoms. The first kappa shape index (κ1) is 13.1. The van der Waals surface area contributed by atoms with Crippen LogP contribution in [0.15, 0.2) is 28.7 Å². The fourth-order valence-electron chi connectivity index (χ4n) is 2.06. The first-order valence-electron chi connectivity index (χ1n) is 5.75. The van der Waals surface area contributed by atoms with Gasteiger partial charge in [-0.25, -0.2) is 8.42 Å². The van der Waals surface area contributed by atoms with E-state index in [1.807, 2.05) is 24.3 Å². The van der Waals surface area contributed by atoms with Crippen molar-refractivity contribution in [3.8, 4) is 0 Å². The molecule has 1 aromatic rings. The van der Waals surface area contributed by atoms with E-state index in [1.54, 1.807) is 0 Å². The van der Waals surface area contributed by atoms with E-state index < -0.39 is 9.84 Å². The lowest BCUT2D eigenvalue weighted by molar-refractivity contribution is 0.496. The van der Waals surface area contributed by atoms with Gasteiger partial charge in [-0.05, 0) is 37.1 Å². The minimum atomic E-state index is -3.03. The molecule has 0 aromatic heterocycles. The second-order valence-corrected chi connectivity index (χ2v) is 7.60. The van der Waals surface area contributed by atoms with Crippen molar-refractivity contribution in [3.05, 3.63) is 34.3 Å². The van der Waals surface area contributed by atoms with Gasteiger partial charge in [-0.15, -0.1) is 0 Å². The molecule has 1 aliphatic rings. The molecule has 1 fully saturated rings. The highest BCUT2D eigenvalue weighted by molar-refractivity contribution is 9.10. The summed E-state index contributed by atoms with van der Waals surface area (Å²) in [5.74, 6) is 0.145. The smallest absolute Gasteiger partial charge is 0.158 e. The van der Waals surface area contributed by atoms with Crippen LogP contribution in [-0.2, 0) is 15.6 Å². The van der Waals surface area contributed by atoms with Crippen molar-refractivity contribution in [2.75, 3.05) is 13.1 Å². The van der Waals surface area contributed by atoms with E-state index in [2.05, 4.69) is 21.2 Å². The van der Waals surface area contributed by atoms with E-state index >= 15 is 0 Å². The normalized spacial score (nSPS) is 21.4. The van der Waals surface area contributed by atoms with Gasteiger partial charge in [0, 0.05) is 11.0 Å². The summed E-state index contributed by atoms with van der Waals surface area (Å²) < 4.78 is 25.3. The zero-order valence-corrected chi connectivity index (χ0v) is 11.9. The minimum Gasteiger partial charge on any atom is -0.315 e. The van der Waals surface area contributed by atoms with Crippen LogP contribution in [0.2, 0.25) is 0 Å². The molecule has 5 heteroatoms. The van der Waals surface area contributed by atoms with Crippen LogP contribution in [0.25, 0.3) is 0 Å². The van der Waals surface area contributed by atoms with Gasteiger partial charge in [-0.2, -0.15) is 0 Å². The first-order valence-corrected chi connectivity index (χ1v) is 8.25. The van der Waals surface area contributed by atoms with Crippen LogP contribution in [0.1, 0.15) is 18.4 Å². The predicted molar refractivity (Wildman–Crippen MR) is 72.7 cm³/mol. The average Bonchev–Trinajstić information content (AvgIpc) is 2.33. The van der Waals surface area contributed by atoms with E-state index in [0.717, 1.165) is 29.4 Å². The van der Waals surface area contributed by atoms with Gasteiger partial charge in [0.1, 0.15) is 0 Å². The number of halogens is 1. The van der Waals surface area contributed by atoms with Crippen molar-refractivity contribution in [3.63, 3.8) is 0 Å². The largest absolute Gasteiger partial charge is 0.315 e. The average molecular weight is 318 g/mol. The molecule has 0 radical (unpaired) electrons. The number of sulfone groups is 1. The summed E-state index contributed by atoms with van der Waals surface area (Å²) in [7, 11) is -3.03. The third-order valence-electron chi connectivity index (χ3n) is 3.04. The molecule has 94 valence electrons. The number of benzene rings is 1. The predicted octanol–water partition coefficient (Wildman–Crippen LogP) is 2.12. The van der Waals surface area contributed by atoms with E-state index in [1.165, 1.54) is 0 Å². The molecular formula is C12H16BrNO2S. The Morgan fingerprint density at radius 3 is 2.59 bits per heavy atom. The summed E-state index contributed by atoms with van der Waals surface area (Å²) in [6.07, 6.45) is 1.73. The van der Waals surface area contributed by atoms with Crippen LogP contribution in [0.3, 0.4) is 0 Å². The maximum atomic E-state index is 12.2. The Morgan fingerprint density at radius 1 is 1.29 bits per heavy atom. The summed E-state index contributed by atoms with van der Waals surface area (Å²) in [5, 5.41) is 2.93. The molecule has 1 heterocycles. The number of hydrogen-bond acceptors (Lipinski definition) is 3. The Bertz CT molecular complexity index is 464. The first-order chi connectivity index (χ1) is 8.08. The van der Waals surface area contributed by atoms with E-state index in [0.29, 0.717) is 6.54 Å². The second-order valence-electron chi connectivity index (χ2n) is 4.40. The molecule has 0 saturated carbocycles. The van der Waals surface area contributed by atoms with Gasteiger partial charge in [-0.1, -0.05) is 28.1 Å². The lowest BCUT2D eigenvalue weighted by atomic mass is 10.2. The minimum absolute atomic E-state index is 0.145. The van der Waals surface area contributed by atoms with Gasteiger partial charge in [0.15, 0.2) is 9.84 Å². The molecule has 2 rings (SSSR count). The molecule has 1 atom stereocenters. The third-order valence-corrected chi connectivity index (χ3v) is 5.72. The van der Waals surface area contributed by atoms with E-state index in [-0.39, 0.29) is 11.0 Å². The quantitative estimate of drug-likeness (QED) is 0.928. The summed E-state index contributed by atoms with van der Waals surface area (Å²) >= 11 is 3.34. The Labute approximate surface area is 111 Å². The third kappa shape index (κ3) is 3.53. The molecule has 1 unspecified atom stereocenters. The monoisotopic (exact) mass is 317 g/mol. The van der Waals surface area contributed by atoms with Crippen LogP contribution in [0, 0.1) is 0 Å². The molecular weight excluding hydrogens is 302 g/mol. The van der Waals surface area contributed by atoms with E-state index in [9.17, 15) is 8.42 Å². The second kappa shape index (κ2) is 5.50. The molecule has 17 heavy (non-hydrogen) atoms. The highest BCUT2D eigenvalue weighted by Crippen LogP contribution is 2.18. The number of rotatable bonds is 3. The van der Waals surface area contributed by atoms with Crippen molar-refractivity contribution in [1.82, 2.24) is 5.32 Å². The lowest BCUT2D eigenvalue weighted by Gasteiger charge is -2.22. The number of piperidine rings is 1. The number of nitrogens with one attached hydrogen (secondary N) is 1. The van der Waals surface area contributed by atoms with Crippen molar-refractivity contribution in [2.24, 2.45) is 0 Å². The lowest BCUT2D eigenvalue weighted by Crippen LogP contribution is -2.39. The molecule has 1 aromatic carbocycles. The van der Waals surface area contributed by atoms with Gasteiger partial charge >= 0.3 is 0 Å². The molecule has 0 aliphatic carbocycles. The Morgan fingerprint density at radius 2 is 2.00 bits per heavy atom. The van der Waals surface area contributed by atoms with Crippen molar-refractivity contribution in [1.29, 1.82) is 0 Å². The summed E-state index contributed by atoms with van der Waals surface area (Å²) in [4.78, 5) is 0. The van der Waals surface area contributed by atoms with Crippen molar-refractivity contribution >= 4 is 25.8 Å². The fraction of sp³-hybridized carbons (Fsp3) is 0.500. The highest BCUT2D eigenvalue weighted by atomic mass is 79.9. The van der Waals surface area contributed by atoms with Gasteiger partial charge in [0.05, 0.1) is 11.0 Å². The van der Waals surface area contributed by atoms with Crippen LogP contribution < -0.4 is 5.32 Å². The van der Waals surface area contributed by atoms with Crippen LogP contribution >= 0.6 is 15.9 Å². The summed E-state index contributed by atoms with van der Waals surface area (Å²) in [6, 6.07) is 7.48. The van der Waals surface area contributed by atoms with Crippen molar-refractivity contribution in [2.45, 2.75) is 23.8 Å². The maximum absolute atomic E-state index is 12.2. The van der Waals surface area contributed by atoms with Crippen molar-refractivity contribution < 1.29 is 8.42 Å². The molecule has 0 spiro atoms. The molecule has 1 aliphatic heterocycles. The highest BCUT2D eigenvalue weighted by Gasteiger charge is 2.27. The van der Waals surface area contributed by atoms with Gasteiger partial charge in [0.2, 0.25) is 0 Å². The Balaban J connectivity index is 2.08. The molecule has 3 nitrogen and oxygen atoms in total. The topological polar surface area (TPSA) is 46.2 Å². The maximum Gasteiger partial charge on any atom is 0.158 e. The zero-order chi connectivity index (χ0) is 12.3. The van der Waals surface area contributed by atoms with Gasteiger partial charge < -0.3 is 5.32 Å². The zero-order valence-electron chi connectivity index (χ0n) is 9.52. The fourth-order valence-corrected chi connectivity index (χ4v) is 4.11. The number of hydrogen-bond donors (Lipinski definition) is 1. The van der Waals surface area contributed by atoms with Crippen LogP contribution in [0.4, 0.5) is 0 Å². The Hall–Kier alpha value is -0.390.